The summed E-state index contributed by atoms with van der Waals surface area (Å²) in [6.45, 7) is 68.5. The molecule has 0 fully saturated rings. The maximum absolute atomic E-state index is 3.53. The Hall–Kier alpha value is 0.788. The lowest BCUT2D eigenvalue weighted by Gasteiger charge is -2.57. The van der Waals surface area contributed by atoms with E-state index in [1.165, 1.54) is 253 Å². The minimum atomic E-state index is -1.66. The fraction of sp³-hybridized carbons (Fsp3) is 1.00. The normalized spacial score (nSPS) is 13.4. The summed E-state index contributed by atoms with van der Waals surface area (Å²) < 4.78 is 7.05. The fourth-order valence-electron chi connectivity index (χ4n) is 18.0. The number of rotatable bonds is 56. The Labute approximate surface area is 541 Å². The monoisotopic (exact) mass is 1250 g/mol. The van der Waals surface area contributed by atoms with Gasteiger partial charge in [-0.1, -0.05) is 334 Å². The average molecular weight is 1250 g/mol. The van der Waals surface area contributed by atoms with E-state index in [4.69, 9.17) is 0 Å². The molecule has 2 nitrogen and oxygen atoms in total. The molecule has 0 N–H and O–H groups in total. The Morgan fingerprint density at radius 1 is 0.167 bits per heavy atom. The maximum Gasteiger partial charge on any atom is 0.122 e. The molecule has 0 aromatic heterocycles. The van der Waals surface area contributed by atoms with E-state index in [1.807, 2.05) is 0 Å². The van der Waals surface area contributed by atoms with Crippen LogP contribution >= 0.6 is 0 Å². The molecule has 84 heavy (non-hydrogen) atoms. The van der Waals surface area contributed by atoms with Gasteiger partial charge in [-0.25, -0.2) is 0 Å². The molecule has 0 spiro atoms. The molecular weight excluding hydrogens is 1080 g/mol. The molecule has 0 heterocycles. The molecule has 6 heteroatoms. The summed E-state index contributed by atoms with van der Waals surface area (Å²) in [5, 5.41) is 0. The van der Waals surface area contributed by atoms with Gasteiger partial charge in [0, 0.05) is 0 Å². The predicted molar refractivity (Wildman–Crippen MR) is 404 cm³/mol. The summed E-state index contributed by atoms with van der Waals surface area (Å²) in [4.78, 5) is 0. The molecular formula is C78H170N2Si4. The number of hydrogen-bond donors (Lipinski definition) is 0. The molecule has 0 aliphatic heterocycles. The first-order valence-corrected chi connectivity index (χ1v) is 49.2. The van der Waals surface area contributed by atoms with Gasteiger partial charge in [-0.3, -0.25) is 0 Å². The largest absolute Gasteiger partial charge is 0.345 e. The highest BCUT2D eigenvalue weighted by Gasteiger charge is 2.53. The van der Waals surface area contributed by atoms with Crippen LogP contribution in [0.2, 0.25) is 72.5 Å². The lowest BCUT2D eigenvalue weighted by atomic mass is 10.0. The third-order valence-corrected chi connectivity index (χ3v) is 48.8. The zero-order chi connectivity index (χ0) is 64.4. The molecule has 0 atom stereocenters. The van der Waals surface area contributed by atoms with Gasteiger partial charge >= 0.3 is 0 Å². The van der Waals surface area contributed by atoms with Crippen molar-refractivity contribution in [2.24, 2.45) is 71.0 Å². The van der Waals surface area contributed by atoms with Crippen LogP contribution in [0.5, 0.6) is 0 Å². The van der Waals surface area contributed by atoms with Crippen LogP contribution in [-0.2, 0) is 0 Å². The van der Waals surface area contributed by atoms with E-state index >= 15 is 0 Å². The lowest BCUT2D eigenvalue weighted by Crippen LogP contribution is -2.69. The first-order chi connectivity index (χ1) is 39.4. The second-order valence-electron chi connectivity index (χ2n) is 34.9. The number of nitrogens with zero attached hydrogens (tertiary/aromatic N) is 2. The fourth-order valence-corrected chi connectivity index (χ4v) is 54.7. The summed E-state index contributed by atoms with van der Waals surface area (Å²) in [5.74, 6) is 9.75. The van der Waals surface area contributed by atoms with Crippen molar-refractivity contribution in [3.8, 4) is 0 Å². The van der Waals surface area contributed by atoms with Gasteiger partial charge in [-0.2, -0.15) is 0 Å². The smallest absolute Gasteiger partial charge is 0.122 e. The second-order valence-corrected chi connectivity index (χ2v) is 52.6. The predicted octanol–water partition coefficient (Wildman–Crippen LogP) is 28.4. The maximum atomic E-state index is 3.53. The third-order valence-electron chi connectivity index (χ3n) is 18.7. The van der Waals surface area contributed by atoms with Crippen LogP contribution in [0.1, 0.15) is 347 Å². The quantitative estimate of drug-likeness (QED) is 0.0442. The lowest BCUT2D eigenvalue weighted by molar-refractivity contribution is 0.462. The van der Waals surface area contributed by atoms with Crippen LogP contribution in [0.3, 0.4) is 0 Å². The van der Waals surface area contributed by atoms with Gasteiger partial charge in [0.05, 0.1) is 0 Å². The Kier molecular flexibility index (Phi) is 52.1. The van der Waals surface area contributed by atoms with E-state index in [9.17, 15) is 0 Å². The molecule has 0 aliphatic rings. The summed E-state index contributed by atoms with van der Waals surface area (Å²) in [7, 11) is -6.63. The molecule has 0 radical (unpaired) electrons. The Bertz CT molecular complexity index is 1250. The highest BCUT2D eigenvalue weighted by Crippen LogP contribution is 2.47. The first kappa shape index (κ1) is 86.8. The van der Waals surface area contributed by atoms with Crippen LogP contribution in [0.25, 0.3) is 0 Å². The van der Waals surface area contributed by atoms with Crippen molar-refractivity contribution < 1.29 is 0 Å². The topological polar surface area (TPSA) is 6.48 Å². The summed E-state index contributed by atoms with van der Waals surface area (Å²) in [6.07, 6.45) is 37.8. The number of unbranched alkanes of at least 4 members (excludes halogenated alkanes) is 24. The van der Waals surface area contributed by atoms with Crippen LogP contribution in [0, 0.1) is 71.0 Å². The summed E-state index contributed by atoms with van der Waals surface area (Å²) >= 11 is 0. The van der Waals surface area contributed by atoms with Gasteiger partial charge in [0.2, 0.25) is 0 Å². The minimum absolute atomic E-state index is 0.812. The first-order valence-electron chi connectivity index (χ1n) is 38.9. The van der Waals surface area contributed by atoms with Gasteiger partial charge < -0.3 is 8.46 Å². The van der Waals surface area contributed by atoms with Gasteiger partial charge in [0.15, 0.2) is 0 Å². The van der Waals surface area contributed by atoms with Crippen molar-refractivity contribution in [3.05, 3.63) is 0 Å². The molecule has 0 aromatic rings. The van der Waals surface area contributed by atoms with Gasteiger partial charge in [0.1, 0.15) is 32.9 Å². The molecule has 0 unspecified atom stereocenters. The van der Waals surface area contributed by atoms with E-state index in [0.29, 0.717) is 0 Å². The third kappa shape index (κ3) is 42.0. The van der Waals surface area contributed by atoms with Crippen LogP contribution in [0.4, 0.5) is 0 Å². The molecule has 0 amide bonds. The van der Waals surface area contributed by atoms with Gasteiger partial charge in [0.25, 0.3) is 0 Å². The van der Waals surface area contributed by atoms with Crippen molar-refractivity contribution >= 4 is 32.9 Å². The Balaban J connectivity index is 0. The zero-order valence-corrected chi connectivity index (χ0v) is 68.1. The standard InChI is InChI=1S/C40H87NSi2.C38H83NSi2/c1-14-15-16-17-18-19-20-21-22-23-24-25-26-27-28-41(42(29-35(2)3,30-36(4)5)31-37(6)7)43(32-38(8)9,33-39(10)11)34-40(12)13;1-14-15-16-17-18-19-20-21-22-23-24-25-26-39(40(27-33(2)3,28-34(4)5)29-35(6)7)41(30-36(8)9,31-37(10)11)32-38(12)13/h35-40H,14-34H2,1-13H3;33-38H,14-32H2,1-13H3. The Morgan fingerprint density at radius 3 is 0.381 bits per heavy atom. The molecule has 0 bridgehead atoms. The van der Waals surface area contributed by atoms with Crippen LogP contribution < -0.4 is 0 Å². The van der Waals surface area contributed by atoms with E-state index in [0.717, 1.165) is 71.0 Å². The van der Waals surface area contributed by atoms with Crippen molar-refractivity contribution in [3.63, 3.8) is 0 Å². The summed E-state index contributed by atoms with van der Waals surface area (Å²) in [5.41, 5.74) is 0. The van der Waals surface area contributed by atoms with Crippen LogP contribution in [0.15, 0.2) is 0 Å². The van der Waals surface area contributed by atoms with Crippen LogP contribution in [-0.4, -0.2) is 54.5 Å². The molecule has 0 saturated heterocycles. The van der Waals surface area contributed by atoms with Crippen molar-refractivity contribution in [2.75, 3.05) is 13.1 Å². The van der Waals surface area contributed by atoms with Gasteiger partial charge in [-0.05, 0) is 169 Å². The second kappa shape index (κ2) is 50.4. The van der Waals surface area contributed by atoms with Crippen molar-refractivity contribution in [2.45, 2.75) is 419 Å². The Morgan fingerprint density at radius 2 is 0.274 bits per heavy atom. The van der Waals surface area contributed by atoms with E-state index in [2.05, 4.69) is 188 Å². The zero-order valence-electron chi connectivity index (χ0n) is 64.1. The summed E-state index contributed by atoms with van der Waals surface area (Å²) in [6, 6.07) is 18.2. The highest BCUT2D eigenvalue weighted by molar-refractivity contribution is 6.94. The van der Waals surface area contributed by atoms with E-state index in [1.54, 1.807) is 0 Å². The molecule has 0 aromatic carbocycles. The molecule has 0 saturated carbocycles. The molecule has 0 aliphatic carbocycles. The molecule has 508 valence electrons. The number of hydrogen-bond acceptors (Lipinski definition) is 2. The van der Waals surface area contributed by atoms with E-state index in [-0.39, 0.29) is 0 Å². The molecule has 0 rings (SSSR count). The average Bonchev–Trinajstić information content (AvgIpc) is 2.27. The van der Waals surface area contributed by atoms with Crippen molar-refractivity contribution in [1.29, 1.82) is 0 Å². The SMILES string of the molecule is CCCCCCCCCCCCCCCCN([Si](CC(C)C)(CC(C)C)CC(C)C)[Si](CC(C)C)(CC(C)C)CC(C)C.CCCCCCCCCCCCCCN([Si](CC(C)C)(CC(C)C)CC(C)C)[Si](CC(C)C)(CC(C)C)CC(C)C. The highest BCUT2D eigenvalue weighted by atomic mass is 28.4. The van der Waals surface area contributed by atoms with Crippen molar-refractivity contribution in [1.82, 2.24) is 8.46 Å². The minimum Gasteiger partial charge on any atom is -0.345 e. The van der Waals surface area contributed by atoms with Gasteiger partial charge in [-0.15, -0.1) is 0 Å². The van der Waals surface area contributed by atoms with E-state index < -0.39 is 32.9 Å².